The Morgan fingerprint density at radius 1 is 1.10 bits per heavy atom. The van der Waals surface area contributed by atoms with Crippen molar-refractivity contribution in [3.05, 3.63) is 81.2 Å². The number of fused-ring (bicyclic) bond motifs is 1. The number of thiophene rings is 1. The van der Waals surface area contributed by atoms with E-state index in [-0.39, 0.29) is 17.9 Å². The SMILES string of the molecule is CC(=O)c1ccccc1NC(=O)Cn1cnc2scc(-c3ccc(C)c(C)c3)c2c1=O. The predicted molar refractivity (Wildman–Crippen MR) is 124 cm³/mol. The molecule has 0 aliphatic carbocycles. The van der Waals surface area contributed by atoms with Crippen molar-refractivity contribution in [3.63, 3.8) is 0 Å². The van der Waals surface area contributed by atoms with Gasteiger partial charge in [0.25, 0.3) is 5.56 Å². The third-order valence-corrected chi connectivity index (χ3v) is 6.16. The molecule has 2 aromatic carbocycles. The van der Waals surface area contributed by atoms with Gasteiger partial charge in [-0.1, -0.05) is 30.3 Å². The molecule has 6 nitrogen and oxygen atoms in total. The largest absolute Gasteiger partial charge is 0.324 e. The van der Waals surface area contributed by atoms with Crippen molar-refractivity contribution < 1.29 is 9.59 Å². The van der Waals surface area contributed by atoms with E-state index in [0.717, 1.165) is 16.7 Å². The molecule has 7 heteroatoms. The summed E-state index contributed by atoms with van der Waals surface area (Å²) in [4.78, 5) is 42.6. The summed E-state index contributed by atoms with van der Waals surface area (Å²) in [6.07, 6.45) is 1.39. The fourth-order valence-corrected chi connectivity index (χ4v) is 4.35. The highest BCUT2D eigenvalue weighted by Gasteiger charge is 2.16. The smallest absolute Gasteiger partial charge is 0.263 e. The zero-order valence-electron chi connectivity index (χ0n) is 17.4. The third-order valence-electron chi connectivity index (χ3n) is 5.27. The molecule has 0 radical (unpaired) electrons. The first kappa shape index (κ1) is 20.7. The van der Waals surface area contributed by atoms with Crippen molar-refractivity contribution in [1.82, 2.24) is 9.55 Å². The van der Waals surface area contributed by atoms with Gasteiger partial charge in [0.05, 0.1) is 17.4 Å². The van der Waals surface area contributed by atoms with E-state index in [0.29, 0.717) is 21.5 Å². The van der Waals surface area contributed by atoms with E-state index >= 15 is 0 Å². The van der Waals surface area contributed by atoms with Crippen LogP contribution in [0.3, 0.4) is 0 Å². The average molecular weight is 432 g/mol. The van der Waals surface area contributed by atoms with E-state index in [1.807, 2.05) is 31.4 Å². The minimum Gasteiger partial charge on any atom is -0.324 e. The predicted octanol–water partition coefficient (Wildman–Crippen LogP) is 4.58. The van der Waals surface area contributed by atoms with Crippen LogP contribution in [0.15, 0.2) is 59.0 Å². The van der Waals surface area contributed by atoms with E-state index < -0.39 is 5.91 Å². The van der Waals surface area contributed by atoms with Crippen LogP contribution < -0.4 is 10.9 Å². The zero-order valence-corrected chi connectivity index (χ0v) is 18.2. The lowest BCUT2D eigenvalue weighted by Crippen LogP contribution is -2.28. The van der Waals surface area contributed by atoms with Crippen LogP contribution in [0.4, 0.5) is 5.69 Å². The van der Waals surface area contributed by atoms with Gasteiger partial charge in [0.1, 0.15) is 11.4 Å². The van der Waals surface area contributed by atoms with Crippen LogP contribution in [0.1, 0.15) is 28.4 Å². The van der Waals surface area contributed by atoms with Crippen LogP contribution in [-0.4, -0.2) is 21.2 Å². The zero-order chi connectivity index (χ0) is 22.1. The highest BCUT2D eigenvalue weighted by atomic mass is 32.1. The van der Waals surface area contributed by atoms with Gasteiger partial charge in [0.15, 0.2) is 5.78 Å². The molecule has 0 aliphatic rings. The monoisotopic (exact) mass is 431 g/mol. The topological polar surface area (TPSA) is 81.1 Å². The van der Waals surface area contributed by atoms with Crippen LogP contribution in [0, 0.1) is 13.8 Å². The molecule has 4 rings (SSSR count). The maximum Gasteiger partial charge on any atom is 0.263 e. The molecular formula is C24H21N3O3S. The van der Waals surface area contributed by atoms with E-state index in [4.69, 9.17) is 0 Å². The molecule has 1 N–H and O–H groups in total. The number of aryl methyl sites for hydroxylation is 2. The number of carbonyl (C=O) groups excluding carboxylic acids is 2. The Morgan fingerprint density at radius 3 is 2.61 bits per heavy atom. The number of aromatic nitrogens is 2. The number of anilines is 1. The van der Waals surface area contributed by atoms with E-state index in [1.54, 1.807) is 24.3 Å². The number of hydrogen-bond donors (Lipinski definition) is 1. The molecule has 0 unspecified atom stereocenters. The van der Waals surface area contributed by atoms with Crippen LogP contribution in [0.5, 0.6) is 0 Å². The molecular weight excluding hydrogens is 410 g/mol. The Hall–Kier alpha value is -3.58. The van der Waals surface area contributed by atoms with Crippen molar-refractivity contribution in [2.75, 3.05) is 5.32 Å². The highest BCUT2D eigenvalue weighted by Crippen LogP contribution is 2.31. The molecule has 0 saturated carbocycles. The van der Waals surface area contributed by atoms with Crippen molar-refractivity contribution in [3.8, 4) is 11.1 Å². The van der Waals surface area contributed by atoms with Crippen LogP contribution in [-0.2, 0) is 11.3 Å². The second-order valence-corrected chi connectivity index (χ2v) is 8.31. The number of benzene rings is 2. The van der Waals surface area contributed by atoms with Crippen LogP contribution in [0.25, 0.3) is 21.3 Å². The lowest BCUT2D eigenvalue weighted by atomic mass is 10.0. The first-order chi connectivity index (χ1) is 14.8. The van der Waals surface area contributed by atoms with Gasteiger partial charge in [0, 0.05) is 16.5 Å². The number of ketones is 1. The molecule has 31 heavy (non-hydrogen) atoms. The molecule has 2 aromatic heterocycles. The van der Waals surface area contributed by atoms with Gasteiger partial charge in [-0.25, -0.2) is 4.98 Å². The van der Waals surface area contributed by atoms with E-state index in [1.165, 1.54) is 34.7 Å². The molecule has 156 valence electrons. The van der Waals surface area contributed by atoms with Crippen LogP contribution >= 0.6 is 11.3 Å². The Bertz CT molecular complexity index is 1380. The standard InChI is InChI=1S/C24H21N3O3S/c1-14-8-9-17(10-15(14)2)19-12-31-23-22(19)24(30)27(13-25-23)11-21(29)26-20-7-5-4-6-18(20)16(3)28/h4-10,12-13H,11H2,1-3H3,(H,26,29). The van der Waals surface area contributed by atoms with Crippen molar-refractivity contribution in [2.45, 2.75) is 27.3 Å². The van der Waals surface area contributed by atoms with Crippen molar-refractivity contribution in [1.29, 1.82) is 0 Å². The Morgan fingerprint density at radius 2 is 1.87 bits per heavy atom. The normalized spacial score (nSPS) is 10.9. The minimum atomic E-state index is -0.403. The number of Topliss-reactive ketones (excluding diaryl/α,β-unsaturated/α-hetero) is 1. The fourth-order valence-electron chi connectivity index (χ4n) is 3.45. The maximum absolute atomic E-state index is 13.2. The maximum atomic E-state index is 13.2. The molecule has 4 aromatic rings. The third kappa shape index (κ3) is 4.04. The van der Waals surface area contributed by atoms with E-state index in [9.17, 15) is 14.4 Å². The molecule has 1 amide bonds. The molecule has 0 atom stereocenters. The summed E-state index contributed by atoms with van der Waals surface area (Å²) in [6.45, 7) is 5.32. The van der Waals surface area contributed by atoms with Gasteiger partial charge in [-0.3, -0.25) is 19.0 Å². The Balaban J connectivity index is 1.67. The number of para-hydroxylation sites is 1. The first-order valence-corrected chi connectivity index (χ1v) is 10.7. The number of nitrogens with zero attached hydrogens (tertiary/aromatic N) is 2. The summed E-state index contributed by atoms with van der Waals surface area (Å²) in [5.41, 5.74) is 4.67. The molecule has 0 bridgehead atoms. The molecule has 0 saturated heterocycles. The Labute approximate surface area is 183 Å². The summed E-state index contributed by atoms with van der Waals surface area (Å²) in [6, 6.07) is 12.9. The Kier molecular flexibility index (Phi) is 5.52. The van der Waals surface area contributed by atoms with Crippen LogP contribution in [0.2, 0.25) is 0 Å². The lowest BCUT2D eigenvalue weighted by Gasteiger charge is -2.10. The first-order valence-electron chi connectivity index (χ1n) is 9.79. The highest BCUT2D eigenvalue weighted by molar-refractivity contribution is 7.17. The molecule has 2 heterocycles. The van der Waals surface area contributed by atoms with Crippen molar-refractivity contribution >= 4 is 38.9 Å². The quantitative estimate of drug-likeness (QED) is 0.469. The second-order valence-electron chi connectivity index (χ2n) is 7.46. The van der Waals surface area contributed by atoms with Gasteiger partial charge < -0.3 is 5.32 Å². The number of hydrogen-bond acceptors (Lipinski definition) is 5. The fraction of sp³-hybridized carbons (Fsp3) is 0.167. The summed E-state index contributed by atoms with van der Waals surface area (Å²) >= 11 is 1.41. The van der Waals surface area contributed by atoms with E-state index in [2.05, 4.69) is 16.4 Å². The van der Waals surface area contributed by atoms with Gasteiger partial charge in [-0.2, -0.15) is 0 Å². The van der Waals surface area contributed by atoms with Gasteiger partial charge in [-0.15, -0.1) is 11.3 Å². The number of rotatable bonds is 5. The average Bonchev–Trinajstić information content (AvgIpc) is 3.17. The number of nitrogens with one attached hydrogen (secondary N) is 1. The second kappa shape index (κ2) is 8.28. The molecule has 0 spiro atoms. The molecule has 0 aliphatic heterocycles. The summed E-state index contributed by atoms with van der Waals surface area (Å²) in [7, 11) is 0. The number of carbonyl (C=O) groups is 2. The summed E-state index contributed by atoms with van der Waals surface area (Å²) in [5, 5.41) is 5.16. The van der Waals surface area contributed by atoms with Gasteiger partial charge in [0.2, 0.25) is 5.91 Å². The van der Waals surface area contributed by atoms with Gasteiger partial charge >= 0.3 is 0 Å². The lowest BCUT2D eigenvalue weighted by molar-refractivity contribution is -0.116. The minimum absolute atomic E-state index is 0.146. The van der Waals surface area contributed by atoms with Crippen molar-refractivity contribution in [2.24, 2.45) is 0 Å². The molecule has 0 fully saturated rings. The number of amides is 1. The van der Waals surface area contributed by atoms with Gasteiger partial charge in [-0.05, 0) is 49.6 Å². The summed E-state index contributed by atoms with van der Waals surface area (Å²) < 4.78 is 1.30. The summed E-state index contributed by atoms with van der Waals surface area (Å²) in [5.74, 6) is -0.549.